The van der Waals surface area contributed by atoms with Crippen LogP contribution in [0.1, 0.15) is 11.1 Å². The monoisotopic (exact) mass is 263 g/mol. The van der Waals surface area contributed by atoms with Crippen molar-refractivity contribution in [3.63, 3.8) is 0 Å². The molecule has 0 aliphatic rings. The summed E-state index contributed by atoms with van der Waals surface area (Å²) in [5, 5.41) is 4.60. The number of aryl methyl sites for hydroxylation is 1. The van der Waals surface area contributed by atoms with Crippen LogP contribution in [0.5, 0.6) is 0 Å². The Morgan fingerprint density at radius 1 is 1.05 bits per heavy atom. The van der Waals surface area contributed by atoms with Crippen molar-refractivity contribution in [3.8, 4) is 11.3 Å². The van der Waals surface area contributed by atoms with Crippen molar-refractivity contribution < 1.29 is 0 Å². The molecular weight excluding hydrogens is 246 g/mol. The van der Waals surface area contributed by atoms with Crippen LogP contribution in [-0.2, 0) is 6.54 Å². The minimum Gasteiger partial charge on any atom is -0.396 e. The van der Waals surface area contributed by atoms with Gasteiger partial charge < -0.3 is 5.73 Å². The van der Waals surface area contributed by atoms with Gasteiger partial charge in [-0.2, -0.15) is 5.10 Å². The normalized spacial score (nSPS) is 10.7. The summed E-state index contributed by atoms with van der Waals surface area (Å²) < 4.78 is 1.90. The highest BCUT2D eigenvalue weighted by atomic mass is 15.3. The predicted molar refractivity (Wildman–Crippen MR) is 82.4 cm³/mol. The lowest BCUT2D eigenvalue weighted by Crippen LogP contribution is -2.00. The number of hydrogen-bond donors (Lipinski definition) is 1. The van der Waals surface area contributed by atoms with Gasteiger partial charge in [-0.25, -0.2) is 0 Å². The van der Waals surface area contributed by atoms with Crippen molar-refractivity contribution in [2.75, 3.05) is 5.73 Å². The second kappa shape index (κ2) is 5.21. The molecule has 0 unspecified atom stereocenters. The third-order valence-corrected chi connectivity index (χ3v) is 3.26. The van der Waals surface area contributed by atoms with Crippen LogP contribution in [0.25, 0.3) is 11.3 Å². The molecule has 1 aromatic heterocycles. The van der Waals surface area contributed by atoms with Crippen LogP contribution in [-0.4, -0.2) is 9.78 Å². The van der Waals surface area contributed by atoms with E-state index in [4.69, 9.17) is 5.73 Å². The summed E-state index contributed by atoms with van der Waals surface area (Å²) in [5.74, 6) is 0. The lowest BCUT2D eigenvalue weighted by Gasteiger charge is -2.03. The van der Waals surface area contributed by atoms with Gasteiger partial charge in [-0.1, -0.05) is 60.2 Å². The smallest absolute Gasteiger partial charge is 0.115 e. The third kappa shape index (κ3) is 2.57. The highest BCUT2D eigenvalue weighted by Gasteiger charge is 2.08. The van der Waals surface area contributed by atoms with Gasteiger partial charge in [0.2, 0.25) is 0 Å². The van der Waals surface area contributed by atoms with Crippen molar-refractivity contribution in [3.05, 3.63) is 71.9 Å². The quantitative estimate of drug-likeness (QED) is 0.786. The highest BCUT2D eigenvalue weighted by molar-refractivity contribution is 5.71. The van der Waals surface area contributed by atoms with Crippen LogP contribution < -0.4 is 5.73 Å². The first-order chi connectivity index (χ1) is 9.72. The van der Waals surface area contributed by atoms with Gasteiger partial charge in [0.1, 0.15) is 5.69 Å². The van der Waals surface area contributed by atoms with Gasteiger partial charge >= 0.3 is 0 Å². The number of hydrogen-bond acceptors (Lipinski definition) is 2. The highest BCUT2D eigenvalue weighted by Crippen LogP contribution is 2.23. The van der Waals surface area contributed by atoms with E-state index in [0.29, 0.717) is 5.69 Å². The third-order valence-electron chi connectivity index (χ3n) is 3.26. The summed E-state index contributed by atoms with van der Waals surface area (Å²) in [6, 6.07) is 18.5. The molecule has 3 heteroatoms. The molecular formula is C17H17N3. The number of anilines is 1. The van der Waals surface area contributed by atoms with Gasteiger partial charge in [-0.05, 0) is 12.5 Å². The Balaban J connectivity index is 1.90. The largest absolute Gasteiger partial charge is 0.396 e. The molecule has 1 heterocycles. The molecule has 2 aromatic carbocycles. The predicted octanol–water partition coefficient (Wildman–Crippen LogP) is 3.49. The van der Waals surface area contributed by atoms with Gasteiger partial charge in [0.15, 0.2) is 0 Å². The molecule has 0 radical (unpaired) electrons. The van der Waals surface area contributed by atoms with E-state index >= 15 is 0 Å². The summed E-state index contributed by atoms with van der Waals surface area (Å²) in [7, 11) is 0. The fourth-order valence-electron chi connectivity index (χ4n) is 2.34. The van der Waals surface area contributed by atoms with Crippen molar-refractivity contribution in [2.24, 2.45) is 0 Å². The Hall–Kier alpha value is -2.55. The summed E-state index contributed by atoms with van der Waals surface area (Å²) in [6.07, 6.45) is 1.89. The first-order valence-corrected chi connectivity index (χ1v) is 6.66. The van der Waals surface area contributed by atoms with E-state index in [1.54, 1.807) is 0 Å². The average Bonchev–Trinajstić information content (AvgIpc) is 2.80. The molecule has 100 valence electrons. The van der Waals surface area contributed by atoms with Crippen LogP contribution in [0.2, 0.25) is 0 Å². The van der Waals surface area contributed by atoms with Gasteiger partial charge in [0.25, 0.3) is 0 Å². The summed E-state index contributed by atoms with van der Waals surface area (Å²) in [5.41, 5.74) is 11.2. The second-order valence-corrected chi connectivity index (χ2v) is 4.99. The fourth-order valence-corrected chi connectivity index (χ4v) is 2.34. The number of rotatable bonds is 3. The van der Waals surface area contributed by atoms with Crippen molar-refractivity contribution >= 4 is 5.69 Å². The molecule has 2 N–H and O–H groups in total. The Bertz CT molecular complexity index is 714. The first-order valence-electron chi connectivity index (χ1n) is 6.66. The number of nitrogens with two attached hydrogens (primary N) is 1. The van der Waals surface area contributed by atoms with Crippen LogP contribution in [0.15, 0.2) is 60.8 Å². The Labute approximate surface area is 118 Å². The van der Waals surface area contributed by atoms with E-state index in [2.05, 4.69) is 36.3 Å². The Morgan fingerprint density at radius 2 is 1.85 bits per heavy atom. The van der Waals surface area contributed by atoms with Gasteiger partial charge in [0, 0.05) is 11.8 Å². The maximum absolute atomic E-state index is 6.07. The van der Waals surface area contributed by atoms with Gasteiger partial charge in [0.05, 0.1) is 12.2 Å². The molecule has 0 saturated carbocycles. The van der Waals surface area contributed by atoms with Crippen LogP contribution in [0.3, 0.4) is 0 Å². The summed E-state index contributed by atoms with van der Waals surface area (Å²) in [6.45, 7) is 2.83. The van der Waals surface area contributed by atoms with E-state index in [0.717, 1.165) is 17.8 Å². The lowest BCUT2D eigenvalue weighted by atomic mass is 10.1. The van der Waals surface area contributed by atoms with Gasteiger partial charge in [-0.3, -0.25) is 4.68 Å². The number of benzene rings is 2. The number of nitrogens with zero attached hydrogens (tertiary/aromatic N) is 2. The zero-order valence-electron chi connectivity index (χ0n) is 11.5. The molecule has 0 atom stereocenters. The average molecular weight is 263 g/mol. The van der Waals surface area contributed by atoms with Crippen molar-refractivity contribution in [1.29, 1.82) is 0 Å². The molecule has 0 amide bonds. The van der Waals surface area contributed by atoms with E-state index in [-0.39, 0.29) is 0 Å². The zero-order chi connectivity index (χ0) is 13.9. The molecule has 0 fully saturated rings. The molecule has 3 nitrogen and oxygen atoms in total. The molecule has 0 aliphatic heterocycles. The summed E-state index contributed by atoms with van der Waals surface area (Å²) in [4.78, 5) is 0. The number of nitrogen functional groups attached to an aromatic ring is 1. The molecule has 0 spiro atoms. The molecule has 0 saturated heterocycles. The molecule has 3 rings (SSSR count). The van der Waals surface area contributed by atoms with Crippen molar-refractivity contribution in [1.82, 2.24) is 9.78 Å². The van der Waals surface area contributed by atoms with Crippen LogP contribution in [0, 0.1) is 6.92 Å². The minimum atomic E-state index is 0.712. The zero-order valence-corrected chi connectivity index (χ0v) is 11.5. The Morgan fingerprint density at radius 3 is 2.60 bits per heavy atom. The van der Waals surface area contributed by atoms with Crippen LogP contribution >= 0.6 is 0 Å². The Kier molecular flexibility index (Phi) is 3.25. The fraction of sp³-hybridized carbons (Fsp3) is 0.118. The second-order valence-electron chi connectivity index (χ2n) is 4.99. The van der Waals surface area contributed by atoms with Crippen LogP contribution in [0.4, 0.5) is 5.69 Å². The standard InChI is InChI=1S/C17H17N3/c1-13-6-5-7-14(10-13)11-20-12-16(18)17(19-20)15-8-3-2-4-9-15/h2-10,12H,11,18H2,1H3. The topological polar surface area (TPSA) is 43.8 Å². The minimum absolute atomic E-state index is 0.712. The van der Waals surface area contributed by atoms with Crippen molar-refractivity contribution in [2.45, 2.75) is 13.5 Å². The SMILES string of the molecule is Cc1cccc(Cn2cc(N)c(-c3ccccc3)n2)c1. The van der Waals surface area contributed by atoms with E-state index < -0.39 is 0 Å². The maximum atomic E-state index is 6.07. The number of aromatic nitrogens is 2. The molecule has 0 aliphatic carbocycles. The van der Waals surface area contributed by atoms with Gasteiger partial charge in [-0.15, -0.1) is 0 Å². The van der Waals surface area contributed by atoms with E-state index in [1.807, 2.05) is 41.2 Å². The molecule has 0 bridgehead atoms. The first kappa shape index (κ1) is 12.5. The summed E-state index contributed by atoms with van der Waals surface area (Å²) >= 11 is 0. The molecule has 3 aromatic rings. The van der Waals surface area contributed by atoms with E-state index in [9.17, 15) is 0 Å². The maximum Gasteiger partial charge on any atom is 0.115 e. The lowest BCUT2D eigenvalue weighted by molar-refractivity contribution is 0.689. The molecule has 20 heavy (non-hydrogen) atoms. The van der Waals surface area contributed by atoms with E-state index in [1.165, 1.54) is 11.1 Å².